The predicted octanol–water partition coefficient (Wildman–Crippen LogP) is 3.68. The number of halogens is 1. The molecule has 5 heteroatoms. The van der Waals surface area contributed by atoms with Crippen molar-refractivity contribution in [1.82, 2.24) is 0 Å². The number of hydrogen-bond donors (Lipinski definition) is 2. The molecule has 0 aliphatic rings. The van der Waals surface area contributed by atoms with Gasteiger partial charge in [0.25, 0.3) is 0 Å². The molecule has 0 radical (unpaired) electrons. The first-order chi connectivity index (χ1) is 9.13. The minimum absolute atomic E-state index is 0.613. The normalized spacial score (nSPS) is 10.1. The molecule has 100 valence electrons. The van der Waals surface area contributed by atoms with Gasteiger partial charge < -0.3 is 20.5 Å². The fourth-order valence-corrected chi connectivity index (χ4v) is 1.86. The zero-order chi connectivity index (χ0) is 13.8. The van der Waals surface area contributed by atoms with Gasteiger partial charge in [-0.1, -0.05) is 11.6 Å². The molecule has 0 amide bonds. The second-order valence-corrected chi connectivity index (χ2v) is 4.36. The van der Waals surface area contributed by atoms with Gasteiger partial charge in [-0.25, -0.2) is 0 Å². The molecule has 0 fully saturated rings. The third-order valence-electron chi connectivity index (χ3n) is 2.69. The van der Waals surface area contributed by atoms with Crippen molar-refractivity contribution in [2.24, 2.45) is 0 Å². The maximum absolute atomic E-state index is 5.96. The van der Waals surface area contributed by atoms with Gasteiger partial charge in [0.15, 0.2) is 0 Å². The van der Waals surface area contributed by atoms with Gasteiger partial charge in [-0.2, -0.15) is 0 Å². The van der Waals surface area contributed by atoms with Gasteiger partial charge in [0.05, 0.1) is 31.3 Å². The molecule has 0 saturated heterocycles. The van der Waals surface area contributed by atoms with Crippen LogP contribution in [0.3, 0.4) is 0 Å². The molecule has 0 saturated carbocycles. The third-order valence-corrected chi connectivity index (χ3v) is 2.93. The Balaban J connectivity index is 2.35. The fraction of sp³-hybridized carbons (Fsp3) is 0.143. The monoisotopic (exact) mass is 278 g/mol. The van der Waals surface area contributed by atoms with E-state index in [0.717, 1.165) is 17.1 Å². The predicted molar refractivity (Wildman–Crippen MR) is 78.7 cm³/mol. The van der Waals surface area contributed by atoms with E-state index in [-0.39, 0.29) is 0 Å². The van der Waals surface area contributed by atoms with Crippen LogP contribution in [0, 0.1) is 0 Å². The summed E-state index contributed by atoms with van der Waals surface area (Å²) in [6.45, 7) is 0. The van der Waals surface area contributed by atoms with E-state index in [4.69, 9.17) is 26.8 Å². The number of benzene rings is 2. The van der Waals surface area contributed by atoms with Crippen molar-refractivity contribution in [3.63, 3.8) is 0 Å². The molecule has 0 aliphatic carbocycles. The molecule has 0 atom stereocenters. The lowest BCUT2D eigenvalue weighted by Gasteiger charge is -2.14. The molecule has 0 aromatic heterocycles. The summed E-state index contributed by atoms with van der Waals surface area (Å²) in [5.74, 6) is 1.39. The number of ether oxygens (including phenoxy) is 2. The van der Waals surface area contributed by atoms with Crippen molar-refractivity contribution in [2.45, 2.75) is 0 Å². The highest BCUT2D eigenvalue weighted by Crippen LogP contribution is 2.34. The molecule has 19 heavy (non-hydrogen) atoms. The largest absolute Gasteiger partial charge is 0.497 e. The fourth-order valence-electron chi connectivity index (χ4n) is 1.68. The Morgan fingerprint density at radius 3 is 2.47 bits per heavy atom. The van der Waals surface area contributed by atoms with Crippen LogP contribution < -0.4 is 20.5 Å². The van der Waals surface area contributed by atoms with Gasteiger partial charge in [0.1, 0.15) is 11.5 Å². The molecule has 0 unspecified atom stereocenters. The van der Waals surface area contributed by atoms with Gasteiger partial charge in [0.2, 0.25) is 0 Å². The Morgan fingerprint density at radius 2 is 1.79 bits per heavy atom. The van der Waals surface area contributed by atoms with Crippen molar-refractivity contribution < 1.29 is 9.47 Å². The van der Waals surface area contributed by atoms with Crippen LogP contribution in [-0.4, -0.2) is 14.2 Å². The number of anilines is 3. The van der Waals surface area contributed by atoms with Crippen molar-refractivity contribution in [1.29, 1.82) is 0 Å². The topological polar surface area (TPSA) is 56.5 Å². The van der Waals surface area contributed by atoms with Gasteiger partial charge in [-0.15, -0.1) is 0 Å². The van der Waals surface area contributed by atoms with Crippen molar-refractivity contribution in [3.05, 3.63) is 41.4 Å². The number of nitrogens with two attached hydrogens (primary N) is 1. The van der Waals surface area contributed by atoms with E-state index in [1.807, 2.05) is 12.1 Å². The van der Waals surface area contributed by atoms with Gasteiger partial charge in [0, 0.05) is 11.1 Å². The Labute approximate surface area is 117 Å². The first-order valence-corrected chi connectivity index (χ1v) is 6.06. The van der Waals surface area contributed by atoms with Crippen LogP contribution in [0.1, 0.15) is 0 Å². The smallest absolute Gasteiger partial charge is 0.145 e. The van der Waals surface area contributed by atoms with Crippen LogP contribution in [-0.2, 0) is 0 Å². The van der Waals surface area contributed by atoms with E-state index in [0.29, 0.717) is 16.5 Å². The molecule has 0 heterocycles. The molecular weight excluding hydrogens is 264 g/mol. The quantitative estimate of drug-likeness (QED) is 0.838. The summed E-state index contributed by atoms with van der Waals surface area (Å²) >= 11 is 5.96. The molecule has 2 rings (SSSR count). The lowest BCUT2D eigenvalue weighted by atomic mass is 10.2. The van der Waals surface area contributed by atoms with Crippen LogP contribution in [0.2, 0.25) is 5.02 Å². The number of hydrogen-bond acceptors (Lipinski definition) is 4. The van der Waals surface area contributed by atoms with Crippen LogP contribution in [0.5, 0.6) is 11.5 Å². The highest BCUT2D eigenvalue weighted by atomic mass is 35.5. The molecule has 0 aliphatic heterocycles. The molecule has 0 spiro atoms. The summed E-state index contributed by atoms with van der Waals surface area (Å²) in [4.78, 5) is 0. The average molecular weight is 279 g/mol. The first kappa shape index (κ1) is 13.4. The van der Waals surface area contributed by atoms with Gasteiger partial charge in [-0.05, 0) is 30.3 Å². The zero-order valence-electron chi connectivity index (χ0n) is 10.7. The Hall–Kier alpha value is -2.07. The second kappa shape index (κ2) is 5.71. The van der Waals surface area contributed by atoms with Crippen molar-refractivity contribution in [2.75, 3.05) is 25.3 Å². The van der Waals surface area contributed by atoms with E-state index >= 15 is 0 Å². The van der Waals surface area contributed by atoms with Crippen molar-refractivity contribution in [3.8, 4) is 11.5 Å². The minimum atomic E-state index is 0.613. The SMILES string of the molecule is COc1ccc(Nc2cc(Cl)ccc2N)c(OC)c1. The van der Waals surface area contributed by atoms with Crippen LogP contribution in [0.4, 0.5) is 17.1 Å². The van der Waals surface area contributed by atoms with E-state index in [2.05, 4.69) is 5.32 Å². The lowest BCUT2D eigenvalue weighted by molar-refractivity contribution is 0.395. The first-order valence-electron chi connectivity index (χ1n) is 5.68. The number of nitrogen functional groups attached to an aromatic ring is 1. The van der Waals surface area contributed by atoms with Gasteiger partial charge >= 0.3 is 0 Å². The molecule has 4 nitrogen and oxygen atoms in total. The van der Waals surface area contributed by atoms with Crippen LogP contribution in [0.25, 0.3) is 0 Å². The summed E-state index contributed by atoms with van der Waals surface area (Å²) < 4.78 is 10.5. The van der Waals surface area contributed by atoms with E-state index in [1.54, 1.807) is 38.5 Å². The average Bonchev–Trinajstić information content (AvgIpc) is 2.43. The highest BCUT2D eigenvalue weighted by Gasteiger charge is 2.07. The maximum atomic E-state index is 5.96. The standard InChI is InChI=1S/C14H15ClN2O2/c1-18-10-4-6-12(14(8-10)19-2)17-13-7-9(15)3-5-11(13)16/h3-8,17H,16H2,1-2H3. The maximum Gasteiger partial charge on any atom is 0.145 e. The minimum Gasteiger partial charge on any atom is -0.497 e. The lowest BCUT2D eigenvalue weighted by Crippen LogP contribution is -1.98. The molecule has 2 aromatic rings. The molecule has 2 aromatic carbocycles. The van der Waals surface area contributed by atoms with E-state index < -0.39 is 0 Å². The summed E-state index contributed by atoms with van der Waals surface area (Å²) in [5, 5.41) is 3.81. The summed E-state index contributed by atoms with van der Waals surface area (Å²) in [6, 6.07) is 10.8. The Kier molecular flexibility index (Phi) is 4.02. The molecule has 0 bridgehead atoms. The third kappa shape index (κ3) is 3.03. The zero-order valence-corrected chi connectivity index (χ0v) is 11.5. The van der Waals surface area contributed by atoms with E-state index in [1.165, 1.54) is 0 Å². The second-order valence-electron chi connectivity index (χ2n) is 3.92. The highest BCUT2D eigenvalue weighted by molar-refractivity contribution is 6.31. The number of methoxy groups -OCH3 is 2. The number of rotatable bonds is 4. The van der Waals surface area contributed by atoms with E-state index in [9.17, 15) is 0 Å². The Morgan fingerprint density at radius 1 is 1.00 bits per heavy atom. The summed E-state index contributed by atoms with van der Waals surface area (Å²) in [7, 11) is 3.21. The Bertz CT molecular complexity index is 588. The molecule has 3 N–H and O–H groups in total. The molecular formula is C14H15ClN2O2. The van der Waals surface area contributed by atoms with Crippen LogP contribution >= 0.6 is 11.6 Å². The van der Waals surface area contributed by atoms with Gasteiger partial charge in [-0.3, -0.25) is 0 Å². The van der Waals surface area contributed by atoms with Crippen LogP contribution in [0.15, 0.2) is 36.4 Å². The summed E-state index contributed by atoms with van der Waals surface area (Å²) in [6.07, 6.45) is 0. The van der Waals surface area contributed by atoms with Crippen molar-refractivity contribution >= 4 is 28.7 Å². The summed E-state index contributed by atoms with van der Waals surface area (Å²) in [5.41, 5.74) is 8.03. The number of nitrogens with one attached hydrogen (secondary N) is 1.